The predicted molar refractivity (Wildman–Crippen MR) is 56.9 cm³/mol. The Balaban J connectivity index is 3.72. The first-order valence-corrected chi connectivity index (χ1v) is 5.10. The summed E-state index contributed by atoms with van der Waals surface area (Å²) in [4.78, 5) is 13.1. The molecule has 0 radical (unpaired) electrons. The lowest BCUT2D eigenvalue weighted by Crippen LogP contribution is -2.35. The highest BCUT2D eigenvalue weighted by atomic mass is 16.6. The van der Waals surface area contributed by atoms with Gasteiger partial charge in [0, 0.05) is 32.7 Å². The van der Waals surface area contributed by atoms with Gasteiger partial charge < -0.3 is 26.2 Å². The molecule has 0 heterocycles. The second-order valence-electron chi connectivity index (χ2n) is 3.26. The minimum atomic E-state index is -1.05. The Kier molecular flexibility index (Phi) is 8.21. The van der Waals surface area contributed by atoms with E-state index in [0.717, 1.165) is 0 Å². The SMILES string of the molecule is CC(O)OC(=O)CCN(CCN)CCN. The van der Waals surface area contributed by atoms with Crippen molar-refractivity contribution in [3.05, 3.63) is 0 Å². The van der Waals surface area contributed by atoms with Crippen LogP contribution in [-0.2, 0) is 9.53 Å². The van der Waals surface area contributed by atoms with E-state index in [0.29, 0.717) is 32.7 Å². The topological polar surface area (TPSA) is 102 Å². The largest absolute Gasteiger partial charge is 0.436 e. The van der Waals surface area contributed by atoms with Crippen LogP contribution in [0, 0.1) is 0 Å². The molecular weight excluding hydrogens is 198 g/mol. The van der Waals surface area contributed by atoms with Crippen molar-refractivity contribution in [1.29, 1.82) is 0 Å². The van der Waals surface area contributed by atoms with Gasteiger partial charge in [0.1, 0.15) is 0 Å². The van der Waals surface area contributed by atoms with Gasteiger partial charge in [0.25, 0.3) is 0 Å². The molecule has 0 bridgehead atoms. The molecule has 6 nitrogen and oxygen atoms in total. The fourth-order valence-corrected chi connectivity index (χ4v) is 1.20. The highest BCUT2D eigenvalue weighted by molar-refractivity contribution is 5.69. The van der Waals surface area contributed by atoms with Gasteiger partial charge in [0.15, 0.2) is 6.29 Å². The minimum Gasteiger partial charge on any atom is -0.436 e. The van der Waals surface area contributed by atoms with Crippen LogP contribution >= 0.6 is 0 Å². The minimum absolute atomic E-state index is 0.241. The van der Waals surface area contributed by atoms with Crippen molar-refractivity contribution in [2.45, 2.75) is 19.6 Å². The number of rotatable bonds is 8. The zero-order valence-electron chi connectivity index (χ0n) is 9.19. The number of aliphatic hydroxyl groups excluding tert-OH is 1. The second-order valence-corrected chi connectivity index (χ2v) is 3.26. The summed E-state index contributed by atoms with van der Waals surface area (Å²) in [7, 11) is 0. The Morgan fingerprint density at radius 3 is 2.27 bits per heavy atom. The summed E-state index contributed by atoms with van der Waals surface area (Å²) in [6, 6.07) is 0. The van der Waals surface area contributed by atoms with E-state index in [9.17, 15) is 4.79 Å². The molecule has 0 aliphatic carbocycles. The molecule has 1 atom stereocenters. The summed E-state index contributed by atoms with van der Waals surface area (Å²) in [5.74, 6) is -0.413. The van der Waals surface area contributed by atoms with Gasteiger partial charge in [-0.2, -0.15) is 0 Å². The summed E-state index contributed by atoms with van der Waals surface area (Å²) < 4.78 is 4.58. The van der Waals surface area contributed by atoms with Gasteiger partial charge in [-0.15, -0.1) is 0 Å². The van der Waals surface area contributed by atoms with Crippen molar-refractivity contribution in [3.63, 3.8) is 0 Å². The summed E-state index contributed by atoms with van der Waals surface area (Å²) >= 11 is 0. The van der Waals surface area contributed by atoms with E-state index < -0.39 is 12.3 Å². The molecule has 1 unspecified atom stereocenters. The Morgan fingerprint density at radius 2 is 1.87 bits per heavy atom. The van der Waals surface area contributed by atoms with Gasteiger partial charge in [-0.1, -0.05) is 0 Å². The number of hydrogen-bond donors (Lipinski definition) is 3. The lowest BCUT2D eigenvalue weighted by molar-refractivity contribution is -0.165. The molecule has 6 heteroatoms. The van der Waals surface area contributed by atoms with Crippen molar-refractivity contribution in [1.82, 2.24) is 4.90 Å². The highest BCUT2D eigenvalue weighted by Gasteiger charge is 2.09. The van der Waals surface area contributed by atoms with Gasteiger partial charge >= 0.3 is 5.97 Å². The Bertz CT molecular complexity index is 170. The number of aliphatic hydroxyl groups is 1. The number of nitrogens with two attached hydrogens (primary N) is 2. The highest BCUT2D eigenvalue weighted by Crippen LogP contribution is 1.95. The second kappa shape index (κ2) is 8.60. The normalized spacial score (nSPS) is 12.9. The fraction of sp³-hybridized carbons (Fsp3) is 0.889. The van der Waals surface area contributed by atoms with E-state index in [1.165, 1.54) is 6.92 Å². The molecule has 0 aliphatic rings. The molecule has 0 aromatic carbocycles. The monoisotopic (exact) mass is 219 g/mol. The smallest absolute Gasteiger partial charge is 0.309 e. The molecule has 15 heavy (non-hydrogen) atoms. The van der Waals surface area contributed by atoms with Crippen molar-refractivity contribution >= 4 is 5.97 Å². The van der Waals surface area contributed by atoms with Crippen LogP contribution in [0.5, 0.6) is 0 Å². The number of carbonyl (C=O) groups excluding carboxylic acids is 1. The summed E-state index contributed by atoms with van der Waals surface area (Å²) in [5.41, 5.74) is 10.8. The lowest BCUT2D eigenvalue weighted by atomic mass is 10.3. The van der Waals surface area contributed by atoms with Crippen LogP contribution in [0.25, 0.3) is 0 Å². The molecule has 0 fully saturated rings. The lowest BCUT2D eigenvalue weighted by Gasteiger charge is -2.20. The molecule has 0 amide bonds. The molecule has 0 saturated heterocycles. The first kappa shape index (κ1) is 14.3. The quantitative estimate of drug-likeness (QED) is 0.338. The zero-order chi connectivity index (χ0) is 11.7. The third kappa shape index (κ3) is 8.31. The standard InChI is InChI=1S/C9H21N3O3/c1-8(13)15-9(14)2-5-12(6-3-10)7-4-11/h8,13H,2-7,10-11H2,1H3. The van der Waals surface area contributed by atoms with E-state index in [1.54, 1.807) is 0 Å². The summed E-state index contributed by atoms with van der Waals surface area (Å²) in [6.07, 6.45) is -0.805. The maximum atomic E-state index is 11.1. The van der Waals surface area contributed by atoms with E-state index in [1.807, 2.05) is 4.90 Å². The first-order valence-electron chi connectivity index (χ1n) is 5.10. The average Bonchev–Trinajstić information content (AvgIpc) is 2.14. The van der Waals surface area contributed by atoms with Crippen LogP contribution in [0.3, 0.4) is 0 Å². The van der Waals surface area contributed by atoms with Crippen LogP contribution in [-0.4, -0.2) is 55.0 Å². The molecular formula is C9H21N3O3. The zero-order valence-corrected chi connectivity index (χ0v) is 9.19. The van der Waals surface area contributed by atoms with Crippen LogP contribution in [0.4, 0.5) is 0 Å². The fourth-order valence-electron chi connectivity index (χ4n) is 1.20. The van der Waals surface area contributed by atoms with E-state index in [-0.39, 0.29) is 6.42 Å². The van der Waals surface area contributed by atoms with Gasteiger partial charge in [-0.3, -0.25) is 4.79 Å². The van der Waals surface area contributed by atoms with Crippen LogP contribution in [0.2, 0.25) is 0 Å². The van der Waals surface area contributed by atoms with Crippen molar-refractivity contribution < 1.29 is 14.6 Å². The molecule has 0 aromatic rings. The Morgan fingerprint density at radius 1 is 1.33 bits per heavy atom. The summed E-state index contributed by atoms with van der Waals surface area (Å²) in [5, 5.41) is 8.80. The number of carbonyl (C=O) groups is 1. The van der Waals surface area contributed by atoms with Crippen molar-refractivity contribution in [2.75, 3.05) is 32.7 Å². The van der Waals surface area contributed by atoms with Gasteiger partial charge in [0.05, 0.1) is 6.42 Å². The van der Waals surface area contributed by atoms with Crippen molar-refractivity contribution in [2.24, 2.45) is 11.5 Å². The summed E-state index contributed by atoms with van der Waals surface area (Å²) in [6.45, 7) is 4.44. The van der Waals surface area contributed by atoms with E-state index in [4.69, 9.17) is 16.6 Å². The maximum absolute atomic E-state index is 11.1. The van der Waals surface area contributed by atoms with Crippen LogP contribution < -0.4 is 11.5 Å². The van der Waals surface area contributed by atoms with Crippen molar-refractivity contribution in [3.8, 4) is 0 Å². The van der Waals surface area contributed by atoms with Gasteiger partial charge in [-0.25, -0.2) is 0 Å². The number of esters is 1. The Labute approximate surface area is 90.2 Å². The molecule has 0 aliphatic heterocycles. The number of ether oxygens (including phenoxy) is 1. The predicted octanol–water partition coefficient (Wildman–Crippen LogP) is -1.52. The average molecular weight is 219 g/mol. The van der Waals surface area contributed by atoms with Gasteiger partial charge in [-0.05, 0) is 6.92 Å². The van der Waals surface area contributed by atoms with Gasteiger partial charge in [0.2, 0.25) is 0 Å². The number of hydrogen-bond acceptors (Lipinski definition) is 6. The van der Waals surface area contributed by atoms with Crippen LogP contribution in [0.1, 0.15) is 13.3 Å². The van der Waals surface area contributed by atoms with E-state index in [2.05, 4.69) is 4.74 Å². The maximum Gasteiger partial charge on any atom is 0.309 e. The first-order chi connectivity index (χ1) is 7.10. The number of nitrogens with zero attached hydrogens (tertiary/aromatic N) is 1. The molecule has 90 valence electrons. The molecule has 0 spiro atoms. The third-order valence-corrected chi connectivity index (χ3v) is 1.82. The molecule has 0 aromatic heterocycles. The van der Waals surface area contributed by atoms with Crippen LogP contribution in [0.15, 0.2) is 0 Å². The Hall–Kier alpha value is -0.690. The third-order valence-electron chi connectivity index (χ3n) is 1.82. The molecule has 0 rings (SSSR count). The van der Waals surface area contributed by atoms with E-state index >= 15 is 0 Å². The molecule has 5 N–H and O–H groups in total. The molecule has 0 saturated carbocycles.